The molecule has 9 heteroatoms. The number of aryl methyl sites for hydroxylation is 1. The highest BCUT2D eigenvalue weighted by molar-refractivity contribution is 7.99. The molecule has 0 unspecified atom stereocenters. The number of hydrogen-bond acceptors (Lipinski definition) is 5. The number of anilines is 1. The number of tetrazole rings is 1. The van der Waals surface area contributed by atoms with Gasteiger partial charge < -0.3 is 5.32 Å². The summed E-state index contributed by atoms with van der Waals surface area (Å²) < 4.78 is 15.2. The standard InChI is InChI=1S/C16H13ClFN5OS/c1-10-4-2-3-5-14(10)23-16(20-21-22-23)25-9-15(24)19-13-8-11(17)6-7-12(13)18/h2-8H,9H2,1H3,(H,19,24). The van der Waals surface area contributed by atoms with E-state index in [0.29, 0.717) is 10.2 Å². The van der Waals surface area contributed by atoms with E-state index in [1.807, 2.05) is 31.2 Å². The van der Waals surface area contributed by atoms with Gasteiger partial charge in [0.15, 0.2) is 0 Å². The molecule has 0 spiro atoms. The Bertz CT molecular complexity index is 917. The van der Waals surface area contributed by atoms with Gasteiger partial charge in [0.2, 0.25) is 11.1 Å². The van der Waals surface area contributed by atoms with Gasteiger partial charge >= 0.3 is 0 Å². The Morgan fingerprint density at radius 1 is 1.32 bits per heavy atom. The summed E-state index contributed by atoms with van der Waals surface area (Å²) in [7, 11) is 0. The molecule has 0 saturated heterocycles. The molecule has 1 amide bonds. The van der Waals surface area contributed by atoms with Crippen LogP contribution in [0.5, 0.6) is 0 Å². The summed E-state index contributed by atoms with van der Waals surface area (Å²) >= 11 is 6.96. The second kappa shape index (κ2) is 7.62. The first-order valence-electron chi connectivity index (χ1n) is 7.26. The zero-order valence-corrected chi connectivity index (χ0v) is 14.7. The van der Waals surface area contributed by atoms with Crippen molar-refractivity contribution in [3.8, 4) is 5.69 Å². The second-order valence-electron chi connectivity index (χ2n) is 5.12. The van der Waals surface area contributed by atoms with Crippen LogP contribution in [0.1, 0.15) is 5.56 Å². The number of amides is 1. The van der Waals surface area contributed by atoms with Crippen LogP contribution in [0.15, 0.2) is 47.6 Å². The van der Waals surface area contributed by atoms with Crippen LogP contribution in [0.2, 0.25) is 5.02 Å². The largest absolute Gasteiger partial charge is 0.323 e. The summed E-state index contributed by atoms with van der Waals surface area (Å²) in [6.07, 6.45) is 0. The van der Waals surface area contributed by atoms with Gasteiger partial charge in [0.05, 0.1) is 17.1 Å². The van der Waals surface area contributed by atoms with E-state index >= 15 is 0 Å². The van der Waals surface area contributed by atoms with Gasteiger partial charge in [0.25, 0.3) is 0 Å². The lowest BCUT2D eigenvalue weighted by Crippen LogP contribution is -2.15. The van der Waals surface area contributed by atoms with Crippen molar-refractivity contribution in [2.24, 2.45) is 0 Å². The molecule has 0 radical (unpaired) electrons. The van der Waals surface area contributed by atoms with Crippen LogP contribution in [0.25, 0.3) is 5.69 Å². The van der Waals surface area contributed by atoms with E-state index in [1.54, 1.807) is 4.68 Å². The number of carbonyl (C=O) groups is 1. The molecule has 6 nitrogen and oxygen atoms in total. The van der Waals surface area contributed by atoms with E-state index in [-0.39, 0.29) is 17.3 Å². The molecule has 1 aromatic heterocycles. The molecule has 2 aromatic carbocycles. The van der Waals surface area contributed by atoms with Gasteiger partial charge in [-0.1, -0.05) is 41.6 Å². The fourth-order valence-corrected chi connectivity index (χ4v) is 2.99. The van der Waals surface area contributed by atoms with Gasteiger partial charge in [-0.2, -0.15) is 4.68 Å². The van der Waals surface area contributed by atoms with Gasteiger partial charge in [0, 0.05) is 5.02 Å². The lowest BCUT2D eigenvalue weighted by atomic mass is 10.2. The molecule has 0 aliphatic rings. The number of carbonyl (C=O) groups excluding carboxylic acids is 1. The van der Waals surface area contributed by atoms with Crippen molar-refractivity contribution in [1.82, 2.24) is 20.2 Å². The third-order valence-electron chi connectivity index (χ3n) is 3.32. The minimum Gasteiger partial charge on any atom is -0.323 e. The minimum atomic E-state index is -0.549. The van der Waals surface area contributed by atoms with Crippen LogP contribution in [0.3, 0.4) is 0 Å². The summed E-state index contributed by atoms with van der Waals surface area (Å²) in [5.74, 6) is -0.906. The van der Waals surface area contributed by atoms with Gasteiger partial charge in [0.1, 0.15) is 5.82 Å². The molecular formula is C16H13ClFN5OS. The molecule has 0 fully saturated rings. The lowest BCUT2D eigenvalue weighted by molar-refractivity contribution is -0.113. The molecule has 25 heavy (non-hydrogen) atoms. The first-order valence-corrected chi connectivity index (χ1v) is 8.63. The summed E-state index contributed by atoms with van der Waals surface area (Å²) in [6, 6.07) is 11.6. The fourth-order valence-electron chi connectivity index (χ4n) is 2.13. The Morgan fingerprint density at radius 3 is 2.92 bits per heavy atom. The molecule has 0 bridgehead atoms. The average Bonchev–Trinajstić information content (AvgIpc) is 3.05. The maximum absolute atomic E-state index is 13.7. The molecular weight excluding hydrogens is 365 g/mol. The highest BCUT2D eigenvalue weighted by atomic mass is 35.5. The predicted molar refractivity (Wildman–Crippen MR) is 94.7 cm³/mol. The summed E-state index contributed by atoms with van der Waals surface area (Å²) in [5.41, 5.74) is 1.87. The topological polar surface area (TPSA) is 72.7 Å². The monoisotopic (exact) mass is 377 g/mol. The van der Waals surface area contributed by atoms with Crippen molar-refractivity contribution in [3.05, 3.63) is 58.9 Å². The minimum absolute atomic E-state index is 0.0260. The second-order valence-corrected chi connectivity index (χ2v) is 6.50. The fraction of sp³-hybridized carbons (Fsp3) is 0.125. The third-order valence-corrected chi connectivity index (χ3v) is 4.47. The van der Waals surface area contributed by atoms with Crippen LogP contribution in [-0.2, 0) is 4.79 Å². The SMILES string of the molecule is Cc1ccccc1-n1nnnc1SCC(=O)Nc1cc(Cl)ccc1F. The highest BCUT2D eigenvalue weighted by Gasteiger charge is 2.14. The number of thioether (sulfide) groups is 1. The highest BCUT2D eigenvalue weighted by Crippen LogP contribution is 2.22. The quantitative estimate of drug-likeness (QED) is 0.689. The summed E-state index contributed by atoms with van der Waals surface area (Å²) in [6.45, 7) is 1.94. The number of aromatic nitrogens is 4. The van der Waals surface area contributed by atoms with E-state index in [9.17, 15) is 9.18 Å². The van der Waals surface area contributed by atoms with Crippen molar-refractivity contribution in [2.75, 3.05) is 11.1 Å². The third kappa shape index (κ3) is 4.15. The first kappa shape index (κ1) is 17.4. The van der Waals surface area contributed by atoms with Crippen LogP contribution in [0.4, 0.5) is 10.1 Å². The van der Waals surface area contributed by atoms with E-state index in [2.05, 4.69) is 20.8 Å². The average molecular weight is 378 g/mol. The molecule has 1 N–H and O–H groups in total. The molecule has 0 atom stereocenters. The number of hydrogen-bond donors (Lipinski definition) is 1. The molecule has 128 valence electrons. The number of halogens is 2. The van der Waals surface area contributed by atoms with Crippen molar-refractivity contribution in [3.63, 3.8) is 0 Å². The lowest BCUT2D eigenvalue weighted by Gasteiger charge is -2.08. The Kier molecular flexibility index (Phi) is 5.30. The van der Waals surface area contributed by atoms with E-state index in [1.165, 1.54) is 18.2 Å². The summed E-state index contributed by atoms with van der Waals surface area (Å²) in [5, 5.41) is 14.9. The number of nitrogens with zero attached hydrogens (tertiary/aromatic N) is 4. The van der Waals surface area contributed by atoms with Crippen molar-refractivity contribution < 1.29 is 9.18 Å². The maximum Gasteiger partial charge on any atom is 0.234 e. The number of nitrogens with one attached hydrogen (secondary N) is 1. The molecule has 3 aromatic rings. The number of para-hydroxylation sites is 1. The van der Waals surface area contributed by atoms with Crippen LogP contribution in [0, 0.1) is 12.7 Å². The molecule has 1 heterocycles. The van der Waals surface area contributed by atoms with Gasteiger partial charge in [-0.05, 0) is 47.2 Å². The Labute approximate surface area is 152 Å². The summed E-state index contributed by atoms with van der Waals surface area (Å²) in [4.78, 5) is 12.1. The molecule has 3 rings (SSSR count). The van der Waals surface area contributed by atoms with Gasteiger partial charge in [-0.15, -0.1) is 5.10 Å². The normalized spacial score (nSPS) is 10.7. The van der Waals surface area contributed by atoms with Crippen molar-refractivity contribution >= 4 is 35.0 Å². The number of benzene rings is 2. The van der Waals surface area contributed by atoms with Crippen LogP contribution < -0.4 is 5.32 Å². The van der Waals surface area contributed by atoms with Gasteiger partial charge in [-0.25, -0.2) is 4.39 Å². The van der Waals surface area contributed by atoms with E-state index in [0.717, 1.165) is 23.0 Å². The molecule has 0 aliphatic heterocycles. The predicted octanol–water partition coefficient (Wildman–Crippen LogP) is 3.49. The van der Waals surface area contributed by atoms with Gasteiger partial charge in [-0.3, -0.25) is 4.79 Å². The van der Waals surface area contributed by atoms with Crippen molar-refractivity contribution in [1.29, 1.82) is 0 Å². The number of rotatable bonds is 5. The Balaban J connectivity index is 1.69. The first-order chi connectivity index (χ1) is 12.0. The van der Waals surface area contributed by atoms with Crippen LogP contribution >= 0.6 is 23.4 Å². The van der Waals surface area contributed by atoms with Crippen LogP contribution in [-0.4, -0.2) is 31.9 Å². The molecule has 0 saturated carbocycles. The zero-order chi connectivity index (χ0) is 17.8. The Morgan fingerprint density at radius 2 is 2.12 bits per heavy atom. The zero-order valence-electron chi connectivity index (χ0n) is 13.1. The van der Waals surface area contributed by atoms with Crippen molar-refractivity contribution in [2.45, 2.75) is 12.1 Å². The Hall–Kier alpha value is -2.45. The molecule has 0 aliphatic carbocycles. The van der Waals surface area contributed by atoms with E-state index in [4.69, 9.17) is 11.6 Å². The smallest absolute Gasteiger partial charge is 0.234 e. The maximum atomic E-state index is 13.7. The van der Waals surface area contributed by atoms with E-state index < -0.39 is 5.82 Å².